The van der Waals surface area contributed by atoms with Crippen LogP contribution in [0.3, 0.4) is 0 Å². The molecule has 14 heavy (non-hydrogen) atoms. The Morgan fingerprint density at radius 3 is 2.71 bits per heavy atom. The van der Waals surface area contributed by atoms with Crippen molar-refractivity contribution in [2.75, 3.05) is 6.61 Å². The Balaban J connectivity index is 3.13. The normalized spacial score (nSPS) is 10.0. The maximum atomic E-state index is 13.0. The van der Waals surface area contributed by atoms with Crippen LogP contribution in [-0.2, 0) is 4.74 Å². The predicted octanol–water partition coefficient (Wildman–Crippen LogP) is 2.79. The molecule has 0 aliphatic rings. The summed E-state index contributed by atoms with van der Waals surface area (Å²) in [4.78, 5) is 11.1. The van der Waals surface area contributed by atoms with E-state index in [1.54, 1.807) is 6.92 Å². The van der Waals surface area contributed by atoms with Crippen LogP contribution in [0.5, 0.6) is 0 Å². The summed E-state index contributed by atoms with van der Waals surface area (Å²) in [6.07, 6.45) is 0. The molecule has 0 aliphatic heterocycles. The number of ether oxygens (including phenoxy) is 1. The smallest absolute Gasteiger partial charge is 0.341 e. The highest BCUT2D eigenvalue weighted by Crippen LogP contribution is 2.19. The molecule has 0 unspecified atom stereocenters. The van der Waals surface area contributed by atoms with Crippen LogP contribution in [0, 0.1) is 11.6 Å². The summed E-state index contributed by atoms with van der Waals surface area (Å²) in [5, 5.41) is -0.0491. The van der Waals surface area contributed by atoms with Crippen LogP contribution in [0.2, 0.25) is 5.02 Å². The van der Waals surface area contributed by atoms with Crippen LogP contribution in [0.1, 0.15) is 17.3 Å². The Labute approximate surface area is 84.4 Å². The molecule has 0 amide bonds. The van der Waals surface area contributed by atoms with Gasteiger partial charge in [-0.1, -0.05) is 11.6 Å². The Morgan fingerprint density at radius 1 is 1.50 bits per heavy atom. The standard InChI is InChI=1S/C9H7ClF2O2/c1-2-14-9(13)6-3-5(10)4-7(11)8(6)12/h3-4H,2H2,1H3. The van der Waals surface area contributed by atoms with Gasteiger partial charge in [-0.05, 0) is 19.1 Å². The minimum atomic E-state index is -1.24. The average molecular weight is 221 g/mol. The number of benzene rings is 1. The molecule has 1 aromatic rings. The summed E-state index contributed by atoms with van der Waals surface area (Å²) in [6, 6.07) is 1.82. The SMILES string of the molecule is CCOC(=O)c1cc(Cl)cc(F)c1F. The molecule has 5 heteroatoms. The van der Waals surface area contributed by atoms with Gasteiger partial charge in [-0.2, -0.15) is 0 Å². The van der Waals surface area contributed by atoms with Gasteiger partial charge in [0, 0.05) is 5.02 Å². The van der Waals surface area contributed by atoms with Crippen molar-refractivity contribution in [3.05, 3.63) is 34.4 Å². The summed E-state index contributed by atoms with van der Waals surface area (Å²) < 4.78 is 30.3. The molecule has 0 saturated heterocycles. The maximum absolute atomic E-state index is 13.0. The lowest BCUT2D eigenvalue weighted by Crippen LogP contribution is -2.08. The number of carbonyl (C=O) groups is 1. The van der Waals surface area contributed by atoms with Gasteiger partial charge in [0.2, 0.25) is 0 Å². The fraction of sp³-hybridized carbons (Fsp3) is 0.222. The van der Waals surface area contributed by atoms with Crippen LogP contribution in [0.25, 0.3) is 0 Å². The molecule has 0 aliphatic carbocycles. The second-order valence-corrected chi connectivity index (χ2v) is 2.91. The van der Waals surface area contributed by atoms with Crippen LogP contribution in [0.4, 0.5) is 8.78 Å². The van der Waals surface area contributed by atoms with E-state index in [1.807, 2.05) is 0 Å². The van der Waals surface area contributed by atoms with Crippen LogP contribution in [-0.4, -0.2) is 12.6 Å². The largest absolute Gasteiger partial charge is 0.462 e. The third-order valence-corrected chi connectivity index (χ3v) is 1.71. The molecule has 0 N–H and O–H groups in total. The van der Waals surface area contributed by atoms with Crippen molar-refractivity contribution in [3.8, 4) is 0 Å². The molecule has 1 rings (SSSR count). The topological polar surface area (TPSA) is 26.3 Å². The zero-order valence-corrected chi connectivity index (χ0v) is 8.07. The second-order valence-electron chi connectivity index (χ2n) is 2.47. The molecule has 1 aromatic carbocycles. The van der Waals surface area contributed by atoms with Gasteiger partial charge in [0.15, 0.2) is 11.6 Å². The molecule has 0 saturated carbocycles. The van der Waals surface area contributed by atoms with Crippen molar-refractivity contribution in [2.45, 2.75) is 6.92 Å². The highest BCUT2D eigenvalue weighted by molar-refractivity contribution is 6.30. The highest BCUT2D eigenvalue weighted by Gasteiger charge is 2.17. The van der Waals surface area contributed by atoms with E-state index in [4.69, 9.17) is 11.6 Å². The third-order valence-electron chi connectivity index (χ3n) is 1.49. The first-order valence-corrected chi connectivity index (χ1v) is 4.25. The van der Waals surface area contributed by atoms with Crippen LogP contribution in [0.15, 0.2) is 12.1 Å². The molecule has 0 radical (unpaired) electrons. The van der Waals surface area contributed by atoms with Gasteiger partial charge >= 0.3 is 5.97 Å². The Hall–Kier alpha value is -1.16. The molecule has 0 fully saturated rings. The fourth-order valence-corrected chi connectivity index (χ4v) is 1.12. The Morgan fingerprint density at radius 2 is 2.14 bits per heavy atom. The predicted molar refractivity (Wildman–Crippen MR) is 47.3 cm³/mol. The van der Waals surface area contributed by atoms with E-state index < -0.39 is 23.2 Å². The lowest BCUT2D eigenvalue weighted by atomic mass is 10.2. The Bertz CT molecular complexity index is 366. The number of esters is 1. The van der Waals surface area contributed by atoms with Crippen LogP contribution >= 0.6 is 11.6 Å². The zero-order valence-electron chi connectivity index (χ0n) is 7.31. The molecule has 0 atom stereocenters. The van der Waals surface area contributed by atoms with Crippen molar-refractivity contribution in [3.63, 3.8) is 0 Å². The molecular weight excluding hydrogens is 214 g/mol. The average Bonchev–Trinajstić information content (AvgIpc) is 2.11. The van der Waals surface area contributed by atoms with E-state index in [0.29, 0.717) is 0 Å². The fourth-order valence-electron chi connectivity index (χ4n) is 0.913. The second kappa shape index (κ2) is 4.37. The van der Waals surface area contributed by atoms with Crippen molar-refractivity contribution < 1.29 is 18.3 Å². The molecule has 2 nitrogen and oxygen atoms in total. The van der Waals surface area contributed by atoms with Crippen molar-refractivity contribution in [1.82, 2.24) is 0 Å². The van der Waals surface area contributed by atoms with Crippen molar-refractivity contribution >= 4 is 17.6 Å². The molecule has 0 spiro atoms. The van der Waals surface area contributed by atoms with E-state index in [1.165, 1.54) is 0 Å². The quantitative estimate of drug-likeness (QED) is 0.566. The van der Waals surface area contributed by atoms with E-state index in [2.05, 4.69) is 4.74 Å². The summed E-state index contributed by atoms with van der Waals surface area (Å²) in [6.45, 7) is 1.66. The Kier molecular flexibility index (Phi) is 3.41. The summed E-state index contributed by atoms with van der Waals surface area (Å²) in [5.74, 6) is -3.33. The van der Waals surface area contributed by atoms with E-state index >= 15 is 0 Å². The van der Waals surface area contributed by atoms with Crippen molar-refractivity contribution in [1.29, 1.82) is 0 Å². The number of hydrogen-bond acceptors (Lipinski definition) is 2. The van der Waals surface area contributed by atoms with E-state index in [0.717, 1.165) is 12.1 Å². The van der Waals surface area contributed by atoms with Gasteiger partial charge in [0.25, 0.3) is 0 Å². The van der Waals surface area contributed by atoms with Gasteiger partial charge in [0.05, 0.1) is 12.2 Å². The first-order chi connectivity index (χ1) is 6.56. The van der Waals surface area contributed by atoms with E-state index in [9.17, 15) is 13.6 Å². The van der Waals surface area contributed by atoms with Crippen LogP contribution < -0.4 is 0 Å². The molecule has 76 valence electrons. The van der Waals surface area contributed by atoms with E-state index in [-0.39, 0.29) is 11.6 Å². The zero-order chi connectivity index (χ0) is 10.7. The minimum absolute atomic E-state index is 0.0491. The lowest BCUT2D eigenvalue weighted by molar-refractivity contribution is 0.0520. The highest BCUT2D eigenvalue weighted by atomic mass is 35.5. The summed E-state index contributed by atoms with van der Waals surface area (Å²) in [5.41, 5.74) is -0.489. The lowest BCUT2D eigenvalue weighted by Gasteiger charge is -2.04. The monoisotopic (exact) mass is 220 g/mol. The first kappa shape index (κ1) is 10.9. The number of carbonyl (C=O) groups excluding carboxylic acids is 1. The van der Waals surface area contributed by atoms with Gasteiger partial charge in [-0.25, -0.2) is 13.6 Å². The number of hydrogen-bond donors (Lipinski definition) is 0. The first-order valence-electron chi connectivity index (χ1n) is 3.88. The van der Waals surface area contributed by atoms with Gasteiger partial charge in [-0.3, -0.25) is 0 Å². The minimum Gasteiger partial charge on any atom is -0.462 e. The number of halogens is 3. The molecule has 0 heterocycles. The number of rotatable bonds is 2. The van der Waals surface area contributed by atoms with Gasteiger partial charge in [0.1, 0.15) is 0 Å². The molecule has 0 aromatic heterocycles. The van der Waals surface area contributed by atoms with Crippen molar-refractivity contribution in [2.24, 2.45) is 0 Å². The summed E-state index contributed by atoms with van der Waals surface area (Å²) >= 11 is 5.45. The molecule has 0 bridgehead atoms. The van der Waals surface area contributed by atoms with Gasteiger partial charge < -0.3 is 4.74 Å². The maximum Gasteiger partial charge on any atom is 0.341 e. The van der Waals surface area contributed by atoms with Gasteiger partial charge in [-0.15, -0.1) is 0 Å². The third kappa shape index (κ3) is 2.20. The molecular formula is C9H7ClF2O2. The summed E-state index contributed by atoms with van der Waals surface area (Å²) in [7, 11) is 0.